The molecule has 2 aromatic rings. The van der Waals surface area contributed by atoms with Gasteiger partial charge in [0.05, 0.1) is 21.5 Å². The maximum atomic E-state index is 11.3. The van der Waals surface area contributed by atoms with Crippen molar-refractivity contribution >= 4 is 43.9 Å². The van der Waals surface area contributed by atoms with Gasteiger partial charge in [-0.2, -0.15) is 0 Å². The van der Waals surface area contributed by atoms with Crippen molar-refractivity contribution in [1.29, 1.82) is 0 Å². The molecule has 1 aromatic heterocycles. The Morgan fingerprint density at radius 1 is 1.40 bits per heavy atom. The summed E-state index contributed by atoms with van der Waals surface area (Å²) in [5.74, 6) is 0. The molecule has 104 valence electrons. The van der Waals surface area contributed by atoms with Crippen LogP contribution >= 0.6 is 15.9 Å². The number of pyridine rings is 1. The first-order valence-electron chi connectivity index (χ1n) is 6.17. The highest BCUT2D eigenvalue weighted by molar-refractivity contribution is 9.10. The monoisotopic (exact) mass is 336 g/mol. The van der Waals surface area contributed by atoms with Gasteiger partial charge in [0.1, 0.15) is 11.9 Å². The fourth-order valence-corrected chi connectivity index (χ4v) is 2.85. The van der Waals surface area contributed by atoms with E-state index >= 15 is 0 Å². The van der Waals surface area contributed by atoms with Gasteiger partial charge in [0.2, 0.25) is 0 Å². The molecule has 1 aliphatic rings. The van der Waals surface area contributed by atoms with Gasteiger partial charge in [-0.3, -0.25) is 10.1 Å². The number of anilines is 2. The molecule has 1 aliphatic heterocycles. The van der Waals surface area contributed by atoms with Crippen molar-refractivity contribution in [2.24, 2.45) is 0 Å². The third-order valence-corrected chi connectivity index (χ3v) is 3.99. The standard InChI is InChI=1S/C13H13BrN4O2/c1-13(2)6-16-11-7(14)3-4-8-10(11)12(17-13)9(5-15-8)18(19)20/h3-5,16-17H,6H2,1-2H3. The Morgan fingerprint density at radius 2 is 2.15 bits per heavy atom. The van der Waals surface area contributed by atoms with Crippen molar-refractivity contribution in [3.63, 3.8) is 0 Å². The van der Waals surface area contributed by atoms with Crippen molar-refractivity contribution in [2.75, 3.05) is 17.2 Å². The number of aromatic nitrogens is 1. The average molecular weight is 337 g/mol. The lowest BCUT2D eigenvalue weighted by Gasteiger charge is -2.25. The number of hydrogen-bond acceptors (Lipinski definition) is 5. The summed E-state index contributed by atoms with van der Waals surface area (Å²) in [6, 6.07) is 3.74. The van der Waals surface area contributed by atoms with E-state index < -0.39 is 4.92 Å². The zero-order chi connectivity index (χ0) is 14.5. The molecular weight excluding hydrogens is 324 g/mol. The van der Waals surface area contributed by atoms with E-state index in [1.807, 2.05) is 26.0 Å². The zero-order valence-electron chi connectivity index (χ0n) is 11.0. The fraction of sp³-hybridized carbons (Fsp3) is 0.308. The summed E-state index contributed by atoms with van der Waals surface area (Å²) in [7, 11) is 0. The second-order valence-electron chi connectivity index (χ2n) is 5.45. The topological polar surface area (TPSA) is 80.1 Å². The van der Waals surface area contributed by atoms with Crippen molar-refractivity contribution in [1.82, 2.24) is 4.98 Å². The molecule has 0 unspecified atom stereocenters. The molecule has 3 rings (SSSR count). The molecule has 0 atom stereocenters. The quantitative estimate of drug-likeness (QED) is 0.615. The highest BCUT2D eigenvalue weighted by Gasteiger charge is 2.30. The highest BCUT2D eigenvalue weighted by Crippen LogP contribution is 2.42. The Kier molecular flexibility index (Phi) is 2.82. The lowest BCUT2D eigenvalue weighted by atomic mass is 10.1. The molecule has 20 heavy (non-hydrogen) atoms. The Bertz CT molecular complexity index is 730. The van der Waals surface area contributed by atoms with Gasteiger partial charge in [-0.25, -0.2) is 4.98 Å². The Hall–Kier alpha value is -1.89. The molecule has 0 spiro atoms. The minimum Gasteiger partial charge on any atom is -0.381 e. The molecule has 0 aliphatic carbocycles. The zero-order valence-corrected chi connectivity index (χ0v) is 12.6. The van der Waals surface area contributed by atoms with Gasteiger partial charge >= 0.3 is 5.69 Å². The summed E-state index contributed by atoms with van der Waals surface area (Å²) < 4.78 is 0.869. The van der Waals surface area contributed by atoms with Crippen molar-refractivity contribution in [2.45, 2.75) is 19.4 Å². The summed E-state index contributed by atoms with van der Waals surface area (Å²) in [6.07, 6.45) is 1.31. The molecule has 0 radical (unpaired) electrons. The van der Waals surface area contributed by atoms with Crippen LogP contribution in [0.15, 0.2) is 22.8 Å². The number of halogens is 1. The number of rotatable bonds is 1. The minimum absolute atomic E-state index is 0.00590. The van der Waals surface area contributed by atoms with E-state index in [1.165, 1.54) is 6.20 Å². The normalized spacial score (nSPS) is 16.1. The van der Waals surface area contributed by atoms with Crippen LogP contribution in [0.3, 0.4) is 0 Å². The average Bonchev–Trinajstić information content (AvgIpc) is 2.50. The molecule has 0 saturated carbocycles. The summed E-state index contributed by atoms with van der Waals surface area (Å²) in [6.45, 7) is 4.64. The van der Waals surface area contributed by atoms with Gasteiger partial charge in [-0.15, -0.1) is 0 Å². The van der Waals surface area contributed by atoms with Gasteiger partial charge < -0.3 is 10.6 Å². The summed E-state index contributed by atoms with van der Waals surface area (Å²) in [5.41, 5.74) is 1.77. The van der Waals surface area contributed by atoms with E-state index in [-0.39, 0.29) is 11.2 Å². The maximum Gasteiger partial charge on any atom is 0.311 e. The summed E-state index contributed by atoms with van der Waals surface area (Å²) in [5, 5.41) is 18.6. The minimum atomic E-state index is -0.402. The molecule has 0 fully saturated rings. The van der Waals surface area contributed by atoms with Crippen molar-refractivity contribution in [3.05, 3.63) is 32.9 Å². The molecule has 2 N–H and O–H groups in total. The van der Waals surface area contributed by atoms with Crippen LogP contribution in [-0.2, 0) is 0 Å². The van der Waals surface area contributed by atoms with Crippen LogP contribution in [0.25, 0.3) is 10.9 Å². The van der Waals surface area contributed by atoms with Gasteiger partial charge in [-0.05, 0) is 41.9 Å². The van der Waals surface area contributed by atoms with Gasteiger partial charge in [0.25, 0.3) is 0 Å². The SMILES string of the molecule is CC1(C)CNc2c(Br)ccc3ncc([N+](=O)[O-])c(c23)N1. The van der Waals surface area contributed by atoms with Gasteiger partial charge in [-0.1, -0.05) is 0 Å². The largest absolute Gasteiger partial charge is 0.381 e. The van der Waals surface area contributed by atoms with Crippen LogP contribution < -0.4 is 10.6 Å². The molecular formula is C13H13BrN4O2. The lowest BCUT2D eigenvalue weighted by Crippen LogP contribution is -2.37. The first-order chi connectivity index (χ1) is 9.39. The van der Waals surface area contributed by atoms with E-state index in [0.29, 0.717) is 12.2 Å². The summed E-state index contributed by atoms with van der Waals surface area (Å²) >= 11 is 3.49. The number of benzene rings is 1. The second kappa shape index (κ2) is 4.31. The van der Waals surface area contributed by atoms with Crippen molar-refractivity contribution < 1.29 is 4.92 Å². The highest BCUT2D eigenvalue weighted by atomic mass is 79.9. The number of nitrogens with one attached hydrogen (secondary N) is 2. The van der Waals surface area contributed by atoms with E-state index in [9.17, 15) is 10.1 Å². The van der Waals surface area contributed by atoms with Crippen LogP contribution in [0.5, 0.6) is 0 Å². The van der Waals surface area contributed by atoms with E-state index in [0.717, 1.165) is 21.1 Å². The first kappa shape index (κ1) is 13.1. The number of nitro groups is 1. The summed E-state index contributed by atoms with van der Waals surface area (Å²) in [4.78, 5) is 15.1. The van der Waals surface area contributed by atoms with Gasteiger partial charge in [0.15, 0.2) is 0 Å². The third kappa shape index (κ3) is 1.98. The molecule has 7 heteroatoms. The van der Waals surface area contributed by atoms with Crippen LogP contribution in [0.4, 0.5) is 17.1 Å². The Morgan fingerprint density at radius 3 is 2.85 bits per heavy atom. The van der Waals surface area contributed by atoms with Crippen LogP contribution in [0.2, 0.25) is 0 Å². The van der Waals surface area contributed by atoms with Crippen molar-refractivity contribution in [3.8, 4) is 0 Å². The van der Waals surface area contributed by atoms with Crippen LogP contribution in [0, 0.1) is 10.1 Å². The van der Waals surface area contributed by atoms with E-state index in [2.05, 4.69) is 31.5 Å². The van der Waals surface area contributed by atoms with Crippen LogP contribution in [0.1, 0.15) is 13.8 Å². The van der Waals surface area contributed by atoms with Gasteiger partial charge in [0, 0.05) is 16.6 Å². The molecule has 6 nitrogen and oxygen atoms in total. The fourth-order valence-electron chi connectivity index (χ4n) is 2.38. The molecule has 0 bridgehead atoms. The first-order valence-corrected chi connectivity index (χ1v) is 6.96. The molecule has 2 heterocycles. The number of hydrogen-bond donors (Lipinski definition) is 2. The molecule has 1 aromatic carbocycles. The lowest BCUT2D eigenvalue weighted by molar-refractivity contribution is -0.384. The third-order valence-electron chi connectivity index (χ3n) is 3.33. The predicted molar refractivity (Wildman–Crippen MR) is 82.3 cm³/mol. The smallest absolute Gasteiger partial charge is 0.311 e. The van der Waals surface area contributed by atoms with E-state index in [1.54, 1.807) is 0 Å². The molecule has 0 amide bonds. The Labute approximate surface area is 123 Å². The van der Waals surface area contributed by atoms with Crippen LogP contribution in [-0.4, -0.2) is 22.0 Å². The number of nitrogens with zero attached hydrogens (tertiary/aromatic N) is 2. The maximum absolute atomic E-state index is 11.3. The molecule has 0 saturated heterocycles. The Balaban J connectivity index is 2.42. The van der Waals surface area contributed by atoms with E-state index in [4.69, 9.17) is 0 Å². The second-order valence-corrected chi connectivity index (χ2v) is 6.31. The predicted octanol–water partition coefficient (Wildman–Crippen LogP) is 3.52.